The fraction of sp³-hybridized carbons (Fsp3) is 0.412. The van der Waals surface area contributed by atoms with Crippen LogP contribution in [0.15, 0.2) is 30.7 Å². The van der Waals surface area contributed by atoms with Gasteiger partial charge in [-0.2, -0.15) is 14.6 Å². The summed E-state index contributed by atoms with van der Waals surface area (Å²) in [6.07, 6.45) is 3.37. The SMILES string of the molecule is COCc1cc(N2CCN(Cc3ccc(Cl)nc3)CC2)n2ncnc2n1. The Morgan fingerprint density at radius 3 is 2.73 bits per heavy atom. The van der Waals surface area contributed by atoms with Gasteiger partial charge in [0.15, 0.2) is 0 Å². The second-order valence-electron chi connectivity index (χ2n) is 6.26. The average Bonchev–Trinajstić information content (AvgIpc) is 3.13. The average molecular weight is 374 g/mol. The molecule has 1 fully saturated rings. The van der Waals surface area contributed by atoms with Gasteiger partial charge >= 0.3 is 0 Å². The second-order valence-corrected chi connectivity index (χ2v) is 6.65. The number of fused-ring (bicyclic) bond motifs is 1. The Labute approximate surface area is 156 Å². The first-order valence-electron chi connectivity index (χ1n) is 8.49. The third kappa shape index (κ3) is 3.62. The molecule has 8 nitrogen and oxygen atoms in total. The van der Waals surface area contributed by atoms with Crippen molar-refractivity contribution in [2.75, 3.05) is 38.2 Å². The van der Waals surface area contributed by atoms with Crippen LogP contribution in [0.2, 0.25) is 5.15 Å². The van der Waals surface area contributed by atoms with Crippen molar-refractivity contribution in [2.45, 2.75) is 13.2 Å². The largest absolute Gasteiger partial charge is 0.378 e. The molecule has 0 unspecified atom stereocenters. The summed E-state index contributed by atoms with van der Waals surface area (Å²) in [6.45, 7) is 5.07. The molecule has 9 heteroatoms. The summed E-state index contributed by atoms with van der Waals surface area (Å²) in [6, 6.07) is 5.90. The van der Waals surface area contributed by atoms with E-state index in [-0.39, 0.29) is 0 Å². The third-order valence-electron chi connectivity index (χ3n) is 4.47. The predicted octanol–water partition coefficient (Wildman–Crippen LogP) is 1.64. The number of ether oxygens (including phenoxy) is 1. The molecular formula is C17H20ClN7O. The summed E-state index contributed by atoms with van der Waals surface area (Å²) in [5, 5.41) is 4.84. The summed E-state index contributed by atoms with van der Waals surface area (Å²) >= 11 is 5.86. The molecule has 3 aromatic rings. The molecule has 0 spiro atoms. The van der Waals surface area contributed by atoms with Crippen molar-refractivity contribution in [1.82, 2.24) is 29.5 Å². The van der Waals surface area contributed by atoms with Crippen LogP contribution >= 0.6 is 11.6 Å². The molecule has 136 valence electrons. The summed E-state index contributed by atoms with van der Waals surface area (Å²) in [5.74, 6) is 1.61. The lowest BCUT2D eigenvalue weighted by molar-refractivity contribution is 0.181. The van der Waals surface area contributed by atoms with Gasteiger partial charge in [0.25, 0.3) is 5.78 Å². The van der Waals surface area contributed by atoms with Gasteiger partial charge in [0, 0.05) is 52.1 Å². The summed E-state index contributed by atoms with van der Waals surface area (Å²) < 4.78 is 7.02. The number of rotatable bonds is 5. The highest BCUT2D eigenvalue weighted by Crippen LogP contribution is 2.19. The van der Waals surface area contributed by atoms with E-state index in [2.05, 4.69) is 29.9 Å². The monoisotopic (exact) mass is 373 g/mol. The van der Waals surface area contributed by atoms with Gasteiger partial charge in [0.2, 0.25) is 0 Å². The Bertz CT molecular complexity index is 874. The van der Waals surface area contributed by atoms with E-state index >= 15 is 0 Å². The van der Waals surface area contributed by atoms with E-state index in [1.165, 1.54) is 11.9 Å². The van der Waals surface area contributed by atoms with E-state index in [1.807, 2.05) is 24.4 Å². The third-order valence-corrected chi connectivity index (χ3v) is 4.69. The van der Waals surface area contributed by atoms with Crippen molar-refractivity contribution >= 4 is 23.2 Å². The molecule has 1 aliphatic heterocycles. The maximum atomic E-state index is 5.86. The molecule has 4 heterocycles. The zero-order valence-corrected chi connectivity index (χ0v) is 15.3. The van der Waals surface area contributed by atoms with E-state index in [0.29, 0.717) is 17.5 Å². The number of methoxy groups -OCH3 is 1. The van der Waals surface area contributed by atoms with Crippen LogP contribution < -0.4 is 4.90 Å². The fourth-order valence-corrected chi connectivity index (χ4v) is 3.30. The molecule has 1 aliphatic rings. The second kappa shape index (κ2) is 7.53. The first-order valence-corrected chi connectivity index (χ1v) is 8.87. The Kier molecular flexibility index (Phi) is 4.96. The van der Waals surface area contributed by atoms with Gasteiger partial charge in [-0.1, -0.05) is 17.7 Å². The molecule has 0 aromatic carbocycles. The molecule has 0 saturated carbocycles. The summed E-state index contributed by atoms with van der Waals surface area (Å²) in [5.41, 5.74) is 2.03. The number of piperazine rings is 1. The van der Waals surface area contributed by atoms with Gasteiger partial charge in [-0.3, -0.25) is 4.90 Å². The molecule has 0 N–H and O–H groups in total. The topological polar surface area (TPSA) is 71.7 Å². The van der Waals surface area contributed by atoms with Crippen molar-refractivity contribution in [3.8, 4) is 0 Å². The molecule has 0 aliphatic carbocycles. The molecule has 3 aromatic heterocycles. The zero-order chi connectivity index (χ0) is 17.9. The maximum Gasteiger partial charge on any atom is 0.254 e. The number of hydrogen-bond donors (Lipinski definition) is 0. The van der Waals surface area contributed by atoms with Gasteiger partial charge < -0.3 is 9.64 Å². The van der Waals surface area contributed by atoms with Crippen LogP contribution in [0.25, 0.3) is 5.78 Å². The normalized spacial score (nSPS) is 15.7. The molecule has 0 radical (unpaired) electrons. The van der Waals surface area contributed by atoms with Crippen LogP contribution in [0.5, 0.6) is 0 Å². The van der Waals surface area contributed by atoms with Crippen LogP contribution in [0, 0.1) is 0 Å². The number of anilines is 1. The summed E-state index contributed by atoms with van der Waals surface area (Å²) in [4.78, 5) is 17.6. The minimum atomic E-state index is 0.458. The number of halogens is 1. The lowest BCUT2D eigenvalue weighted by Gasteiger charge is -2.36. The van der Waals surface area contributed by atoms with E-state index in [1.54, 1.807) is 11.6 Å². The minimum Gasteiger partial charge on any atom is -0.378 e. The molecular weight excluding hydrogens is 354 g/mol. The van der Waals surface area contributed by atoms with Crippen molar-refractivity contribution < 1.29 is 4.74 Å². The Morgan fingerprint density at radius 1 is 1.15 bits per heavy atom. The van der Waals surface area contributed by atoms with Crippen LogP contribution in [-0.2, 0) is 17.9 Å². The highest BCUT2D eigenvalue weighted by molar-refractivity contribution is 6.29. The van der Waals surface area contributed by atoms with Gasteiger partial charge in [0.1, 0.15) is 17.3 Å². The molecule has 26 heavy (non-hydrogen) atoms. The smallest absolute Gasteiger partial charge is 0.254 e. The Morgan fingerprint density at radius 2 is 2.00 bits per heavy atom. The fourth-order valence-electron chi connectivity index (χ4n) is 3.18. The quantitative estimate of drug-likeness (QED) is 0.629. The number of hydrogen-bond acceptors (Lipinski definition) is 7. The van der Waals surface area contributed by atoms with Crippen molar-refractivity contribution in [3.05, 3.63) is 47.1 Å². The van der Waals surface area contributed by atoms with Gasteiger partial charge in [0.05, 0.1) is 12.3 Å². The van der Waals surface area contributed by atoms with Crippen molar-refractivity contribution in [2.24, 2.45) is 0 Å². The van der Waals surface area contributed by atoms with E-state index < -0.39 is 0 Å². The van der Waals surface area contributed by atoms with Crippen LogP contribution in [-0.4, -0.2) is 62.8 Å². The standard InChI is InChI=1S/C17H20ClN7O/c1-26-11-14-8-16(25-17(22-14)20-12-21-25)24-6-4-23(5-7-24)10-13-2-3-15(18)19-9-13/h2-3,8-9,12H,4-7,10-11H2,1H3. The Balaban J connectivity index is 1.46. The maximum absolute atomic E-state index is 5.86. The van der Waals surface area contributed by atoms with E-state index in [4.69, 9.17) is 16.3 Å². The molecule has 0 bridgehead atoms. The minimum absolute atomic E-state index is 0.458. The summed E-state index contributed by atoms with van der Waals surface area (Å²) in [7, 11) is 1.67. The highest BCUT2D eigenvalue weighted by Gasteiger charge is 2.21. The number of aromatic nitrogens is 5. The number of pyridine rings is 1. The van der Waals surface area contributed by atoms with Gasteiger partial charge in [-0.05, 0) is 11.6 Å². The molecule has 1 saturated heterocycles. The van der Waals surface area contributed by atoms with Crippen LogP contribution in [0.3, 0.4) is 0 Å². The number of nitrogens with zero attached hydrogens (tertiary/aromatic N) is 7. The predicted molar refractivity (Wildman–Crippen MR) is 98.2 cm³/mol. The molecule has 0 atom stereocenters. The van der Waals surface area contributed by atoms with Crippen molar-refractivity contribution in [1.29, 1.82) is 0 Å². The first-order chi connectivity index (χ1) is 12.7. The Hall–Kier alpha value is -2.29. The van der Waals surface area contributed by atoms with Gasteiger partial charge in [-0.25, -0.2) is 9.97 Å². The zero-order valence-electron chi connectivity index (χ0n) is 14.5. The lowest BCUT2D eigenvalue weighted by atomic mass is 10.2. The molecule has 4 rings (SSSR count). The highest BCUT2D eigenvalue weighted by atomic mass is 35.5. The first kappa shape index (κ1) is 17.1. The van der Waals surface area contributed by atoms with Crippen molar-refractivity contribution in [3.63, 3.8) is 0 Å². The molecule has 0 amide bonds. The van der Waals surface area contributed by atoms with E-state index in [0.717, 1.165) is 44.2 Å². The van der Waals surface area contributed by atoms with Crippen LogP contribution in [0.1, 0.15) is 11.3 Å². The van der Waals surface area contributed by atoms with E-state index in [9.17, 15) is 0 Å². The van der Waals surface area contributed by atoms with Crippen LogP contribution in [0.4, 0.5) is 5.82 Å². The lowest BCUT2D eigenvalue weighted by Crippen LogP contribution is -2.46. The van der Waals surface area contributed by atoms with Gasteiger partial charge in [-0.15, -0.1) is 0 Å².